The van der Waals surface area contributed by atoms with E-state index in [-0.39, 0.29) is 24.1 Å². The van der Waals surface area contributed by atoms with Crippen molar-refractivity contribution in [2.75, 3.05) is 51.2 Å². The molecule has 0 radical (unpaired) electrons. The Kier molecular flexibility index (Phi) is 7.05. The number of aromatic amines is 1. The summed E-state index contributed by atoms with van der Waals surface area (Å²) >= 11 is 0. The number of piperazine rings is 1. The number of hydrogen-bond donors (Lipinski definition) is 2. The number of nitrogens with zero attached hydrogens (tertiary/aromatic N) is 5. The minimum atomic E-state index is -4.78. The van der Waals surface area contributed by atoms with Crippen LogP contribution >= 0.6 is 0 Å². The minimum absolute atomic E-state index is 0.0614. The van der Waals surface area contributed by atoms with Crippen LogP contribution in [-0.2, 0) is 11.0 Å². The number of H-pyrrole nitrogens is 1. The third kappa shape index (κ3) is 5.45. The zero-order valence-electron chi connectivity index (χ0n) is 19.1. The molecule has 1 atom stereocenters. The number of nitrogens with one attached hydrogen (secondary N) is 2. The molecule has 35 heavy (non-hydrogen) atoms. The summed E-state index contributed by atoms with van der Waals surface area (Å²) < 4.78 is 39.4. The Hall–Kier alpha value is -3.48. The first-order chi connectivity index (χ1) is 16.7. The quantitative estimate of drug-likeness (QED) is 0.640. The summed E-state index contributed by atoms with van der Waals surface area (Å²) in [6, 6.07) is 3.78. The molecular formula is C22H26F3N7O3. The number of alkyl halides is 3. The van der Waals surface area contributed by atoms with Gasteiger partial charge in [0.05, 0.1) is 23.8 Å². The van der Waals surface area contributed by atoms with Crippen LogP contribution < -0.4 is 15.8 Å². The van der Waals surface area contributed by atoms with Crippen molar-refractivity contribution in [3.05, 3.63) is 51.6 Å². The summed E-state index contributed by atoms with van der Waals surface area (Å²) in [6.07, 6.45) is -2.00. The first kappa shape index (κ1) is 24.6. The van der Waals surface area contributed by atoms with Gasteiger partial charge in [-0.3, -0.25) is 19.3 Å². The molecule has 2 N–H and O–H groups in total. The van der Waals surface area contributed by atoms with Crippen LogP contribution in [0.4, 0.5) is 19.0 Å². The summed E-state index contributed by atoms with van der Waals surface area (Å²) in [5.74, 6) is 0.389. The van der Waals surface area contributed by atoms with Gasteiger partial charge in [0.25, 0.3) is 11.5 Å². The molecule has 13 heteroatoms. The Morgan fingerprint density at radius 1 is 1.17 bits per heavy atom. The van der Waals surface area contributed by atoms with Crippen LogP contribution in [0.15, 0.2) is 29.2 Å². The van der Waals surface area contributed by atoms with E-state index in [2.05, 4.69) is 15.4 Å². The van der Waals surface area contributed by atoms with E-state index in [1.807, 2.05) is 14.9 Å². The smallest absolute Gasteiger partial charge is 0.355 e. The normalized spacial score (nSPS) is 19.1. The van der Waals surface area contributed by atoms with Gasteiger partial charge in [0.2, 0.25) is 5.91 Å². The van der Waals surface area contributed by atoms with Crippen molar-refractivity contribution in [2.45, 2.75) is 25.1 Å². The van der Waals surface area contributed by atoms with Crippen molar-refractivity contribution >= 4 is 17.6 Å². The number of anilines is 1. The second kappa shape index (κ2) is 10.0. The third-order valence-electron chi connectivity index (χ3n) is 6.37. The number of hydrogen-bond acceptors (Lipinski definition) is 7. The highest BCUT2D eigenvalue weighted by atomic mass is 19.4. The van der Waals surface area contributed by atoms with Gasteiger partial charge in [-0.2, -0.15) is 18.3 Å². The van der Waals surface area contributed by atoms with Crippen molar-refractivity contribution in [1.82, 2.24) is 30.3 Å². The van der Waals surface area contributed by atoms with Crippen LogP contribution in [0.25, 0.3) is 0 Å². The van der Waals surface area contributed by atoms with E-state index in [9.17, 15) is 27.6 Å². The van der Waals surface area contributed by atoms with E-state index < -0.39 is 23.3 Å². The zero-order chi connectivity index (χ0) is 25.2. The Morgan fingerprint density at radius 3 is 2.54 bits per heavy atom. The SMILES string of the molecule is CNC(=O)c1ccc(N2CCN(C(=O)CN3CCCC3c3cc(C(F)(F)F)c(=O)[nH]n3)CC2)nc1. The summed E-state index contributed by atoms with van der Waals surface area (Å²) in [5, 5.41) is 8.31. The number of carbonyl (C=O) groups excluding carboxylic acids is 2. The van der Waals surface area contributed by atoms with Crippen molar-refractivity contribution in [3.63, 3.8) is 0 Å². The molecule has 2 saturated heterocycles. The molecule has 2 aromatic heterocycles. The number of halogens is 3. The maximum absolute atomic E-state index is 13.1. The lowest BCUT2D eigenvalue weighted by atomic mass is 10.1. The molecule has 188 valence electrons. The second-order valence-electron chi connectivity index (χ2n) is 8.51. The van der Waals surface area contributed by atoms with Gasteiger partial charge in [0.1, 0.15) is 11.4 Å². The van der Waals surface area contributed by atoms with Crippen LogP contribution in [0.3, 0.4) is 0 Å². The van der Waals surface area contributed by atoms with Gasteiger partial charge >= 0.3 is 6.18 Å². The number of likely N-dealkylation sites (tertiary alicyclic amines) is 1. The standard InChI is InChI=1S/C22H26F3N7O3/c1-26-20(34)14-4-5-18(27-12-14)30-7-9-31(10-8-30)19(33)13-32-6-2-3-17(32)16-11-15(22(23,24)25)21(35)29-28-16/h4-5,11-12,17H,2-3,6-10,13H2,1H3,(H,26,34)(H,29,35). The van der Waals surface area contributed by atoms with Gasteiger partial charge in [-0.15, -0.1) is 0 Å². The first-order valence-electron chi connectivity index (χ1n) is 11.3. The monoisotopic (exact) mass is 493 g/mol. The number of carbonyl (C=O) groups is 2. The molecule has 0 aliphatic carbocycles. The van der Waals surface area contributed by atoms with E-state index in [1.54, 1.807) is 24.1 Å². The fourth-order valence-corrected chi connectivity index (χ4v) is 4.46. The van der Waals surface area contributed by atoms with E-state index >= 15 is 0 Å². The molecule has 0 bridgehead atoms. The molecule has 2 fully saturated rings. The molecule has 0 saturated carbocycles. The topological polar surface area (TPSA) is 115 Å². The highest BCUT2D eigenvalue weighted by Gasteiger charge is 2.37. The lowest BCUT2D eigenvalue weighted by molar-refractivity contribution is -0.139. The lowest BCUT2D eigenvalue weighted by Crippen LogP contribution is -2.51. The average molecular weight is 493 g/mol. The van der Waals surface area contributed by atoms with Crippen molar-refractivity contribution in [1.29, 1.82) is 0 Å². The van der Waals surface area contributed by atoms with Crippen LogP contribution in [0.5, 0.6) is 0 Å². The molecule has 0 aromatic carbocycles. The molecule has 2 aliphatic rings. The molecule has 4 rings (SSSR count). The maximum atomic E-state index is 13.1. The van der Waals surface area contributed by atoms with Crippen LogP contribution in [0.2, 0.25) is 0 Å². The maximum Gasteiger partial charge on any atom is 0.421 e. The summed E-state index contributed by atoms with van der Waals surface area (Å²) in [5.41, 5.74) is -1.99. The summed E-state index contributed by atoms with van der Waals surface area (Å²) in [4.78, 5) is 46.1. The van der Waals surface area contributed by atoms with Crippen LogP contribution in [0.1, 0.15) is 40.5 Å². The molecule has 2 amide bonds. The Labute approximate surface area is 199 Å². The number of pyridine rings is 1. The van der Waals surface area contributed by atoms with Gasteiger partial charge in [0.15, 0.2) is 0 Å². The van der Waals surface area contributed by atoms with Gasteiger partial charge < -0.3 is 15.1 Å². The predicted molar refractivity (Wildman–Crippen MR) is 120 cm³/mol. The highest BCUT2D eigenvalue weighted by molar-refractivity contribution is 5.93. The van der Waals surface area contributed by atoms with Crippen LogP contribution in [0, 0.1) is 0 Å². The Morgan fingerprint density at radius 2 is 1.91 bits per heavy atom. The molecule has 0 spiro atoms. The first-order valence-corrected chi connectivity index (χ1v) is 11.3. The Bertz CT molecular complexity index is 1130. The highest BCUT2D eigenvalue weighted by Crippen LogP contribution is 2.33. The molecule has 1 unspecified atom stereocenters. The van der Waals surface area contributed by atoms with E-state index in [1.165, 1.54) is 6.20 Å². The van der Waals surface area contributed by atoms with Crippen molar-refractivity contribution in [3.8, 4) is 0 Å². The van der Waals surface area contributed by atoms with Gasteiger partial charge in [-0.25, -0.2) is 10.1 Å². The molecule has 4 heterocycles. The third-order valence-corrected chi connectivity index (χ3v) is 6.37. The van der Waals surface area contributed by atoms with Gasteiger partial charge in [0, 0.05) is 39.4 Å². The predicted octanol–water partition coefficient (Wildman–Crippen LogP) is 1.03. The molecular weight excluding hydrogens is 467 g/mol. The van der Waals surface area contributed by atoms with E-state index in [4.69, 9.17) is 0 Å². The fourth-order valence-electron chi connectivity index (χ4n) is 4.46. The van der Waals surface area contributed by atoms with Gasteiger partial charge in [-0.1, -0.05) is 0 Å². The summed E-state index contributed by atoms with van der Waals surface area (Å²) in [7, 11) is 1.55. The van der Waals surface area contributed by atoms with Crippen molar-refractivity contribution in [2.24, 2.45) is 0 Å². The second-order valence-corrected chi connectivity index (χ2v) is 8.51. The van der Waals surface area contributed by atoms with E-state index in [0.29, 0.717) is 56.9 Å². The zero-order valence-corrected chi connectivity index (χ0v) is 19.1. The van der Waals surface area contributed by atoms with Crippen LogP contribution in [-0.4, -0.2) is 83.1 Å². The van der Waals surface area contributed by atoms with E-state index in [0.717, 1.165) is 6.07 Å². The summed E-state index contributed by atoms with van der Waals surface area (Å²) in [6.45, 7) is 2.71. The largest absolute Gasteiger partial charge is 0.421 e. The van der Waals surface area contributed by atoms with Gasteiger partial charge in [-0.05, 0) is 37.6 Å². The lowest BCUT2D eigenvalue weighted by Gasteiger charge is -2.36. The number of aromatic nitrogens is 3. The number of rotatable bonds is 5. The minimum Gasteiger partial charge on any atom is -0.355 e. The molecule has 10 nitrogen and oxygen atoms in total. The Balaban J connectivity index is 1.35. The molecule has 2 aromatic rings. The average Bonchev–Trinajstić information content (AvgIpc) is 3.31. The number of amides is 2. The fraction of sp³-hybridized carbons (Fsp3) is 0.500. The van der Waals surface area contributed by atoms with Crippen molar-refractivity contribution < 1.29 is 22.8 Å². The molecule has 2 aliphatic heterocycles.